The molecule has 0 N–H and O–H groups in total. The number of pyridine rings is 4. The Morgan fingerprint density at radius 3 is 1.36 bits per heavy atom. The maximum Gasteiger partial charge on any atom is 0.0972 e. The molecule has 0 spiro atoms. The highest BCUT2D eigenvalue weighted by Crippen LogP contribution is 2.47. The molecule has 0 fully saturated rings. The van der Waals surface area contributed by atoms with Gasteiger partial charge in [-0.05, 0) is 59.4 Å². The van der Waals surface area contributed by atoms with Gasteiger partial charge in [0.05, 0.1) is 38.9 Å². The Hall–Kier alpha value is -6.78. The summed E-state index contributed by atoms with van der Waals surface area (Å²) in [6.45, 7) is 0. The van der Waals surface area contributed by atoms with Crippen molar-refractivity contribution in [3.05, 3.63) is 205 Å². The fourth-order valence-electron chi connectivity index (χ4n) is 8.13. The van der Waals surface area contributed by atoms with Crippen molar-refractivity contribution in [1.29, 1.82) is 0 Å². The van der Waals surface area contributed by atoms with E-state index in [1.54, 1.807) is 0 Å². The lowest BCUT2D eigenvalue weighted by Gasteiger charge is -2.38. The molecule has 4 heterocycles. The lowest BCUT2D eigenvalue weighted by atomic mass is 9.63. The van der Waals surface area contributed by atoms with Crippen LogP contribution in [0.4, 0.5) is 0 Å². The summed E-state index contributed by atoms with van der Waals surface area (Å²) in [4.78, 5) is 19.7. The molecule has 53 heavy (non-hydrogen) atoms. The van der Waals surface area contributed by atoms with E-state index in [1.165, 1.54) is 22.3 Å². The summed E-state index contributed by atoms with van der Waals surface area (Å²) in [5.74, 6) is 0. The Balaban J connectivity index is 1.11. The highest BCUT2D eigenvalue weighted by atomic mass is 14.8. The largest absolute Gasteiger partial charge is 0.254 e. The first kappa shape index (κ1) is 31.0. The smallest absolute Gasteiger partial charge is 0.0972 e. The molecule has 9 aromatic rings. The van der Waals surface area contributed by atoms with Crippen LogP contribution in [0.5, 0.6) is 0 Å². The van der Waals surface area contributed by atoms with Gasteiger partial charge in [0.15, 0.2) is 0 Å². The summed E-state index contributed by atoms with van der Waals surface area (Å²) < 4.78 is 0. The first-order valence-electron chi connectivity index (χ1n) is 18.2. The van der Waals surface area contributed by atoms with Crippen LogP contribution in [0.15, 0.2) is 188 Å². The summed E-state index contributed by atoms with van der Waals surface area (Å²) in [7, 11) is 0. The second-order valence-corrected chi connectivity index (χ2v) is 13.7. The average Bonchev–Trinajstić information content (AvgIpc) is 3.25. The average molecular weight is 679 g/mol. The third-order valence-electron chi connectivity index (χ3n) is 10.7. The first-order valence-corrected chi connectivity index (χ1v) is 18.2. The van der Waals surface area contributed by atoms with Crippen molar-refractivity contribution in [1.82, 2.24) is 19.9 Å². The predicted octanol–water partition coefficient (Wildman–Crippen LogP) is 11.8. The molecule has 4 nitrogen and oxygen atoms in total. The molecule has 0 aliphatic heterocycles. The third kappa shape index (κ3) is 5.22. The molecule has 4 aromatic heterocycles. The highest BCUT2D eigenvalue weighted by molar-refractivity contribution is 6.04. The zero-order valence-electron chi connectivity index (χ0n) is 29.0. The Labute approximate surface area is 307 Å². The summed E-state index contributed by atoms with van der Waals surface area (Å²) in [5.41, 5.74) is 12.1. The Morgan fingerprint density at radius 2 is 0.868 bits per heavy atom. The summed E-state index contributed by atoms with van der Waals surface area (Å²) in [5, 5.41) is 4.36. The second-order valence-electron chi connectivity index (χ2n) is 13.7. The van der Waals surface area contributed by atoms with E-state index in [-0.39, 0.29) is 0 Å². The molecule has 0 bridgehead atoms. The number of allylic oxidation sites excluding steroid dienone is 4. The Bertz CT molecular complexity index is 2710. The number of aromatic nitrogens is 4. The van der Waals surface area contributed by atoms with Crippen LogP contribution < -0.4 is 0 Å². The zero-order chi connectivity index (χ0) is 35.2. The Kier molecular flexibility index (Phi) is 7.47. The van der Waals surface area contributed by atoms with Crippen LogP contribution >= 0.6 is 0 Å². The van der Waals surface area contributed by atoms with Gasteiger partial charge >= 0.3 is 0 Å². The third-order valence-corrected chi connectivity index (χ3v) is 10.7. The molecule has 4 heteroatoms. The Morgan fingerprint density at radius 1 is 0.396 bits per heavy atom. The number of fused-ring (bicyclic) bond motifs is 6. The van der Waals surface area contributed by atoms with Gasteiger partial charge in [0, 0.05) is 45.1 Å². The van der Waals surface area contributed by atoms with Crippen LogP contribution in [0, 0.1) is 0 Å². The van der Waals surface area contributed by atoms with Crippen molar-refractivity contribution < 1.29 is 0 Å². The van der Waals surface area contributed by atoms with Gasteiger partial charge in [-0.25, -0.2) is 9.97 Å². The van der Waals surface area contributed by atoms with E-state index in [0.717, 1.165) is 79.0 Å². The fraction of sp³-hybridized carbons (Fsp3) is 0.0612. The molecule has 0 saturated carbocycles. The topological polar surface area (TPSA) is 51.6 Å². The van der Waals surface area contributed by atoms with E-state index >= 15 is 0 Å². The molecule has 0 amide bonds. The van der Waals surface area contributed by atoms with Gasteiger partial charge in [-0.3, -0.25) is 9.97 Å². The van der Waals surface area contributed by atoms with Gasteiger partial charge in [-0.2, -0.15) is 0 Å². The second kappa shape index (κ2) is 12.8. The normalized spacial score (nSPS) is 13.2. The van der Waals surface area contributed by atoms with E-state index < -0.39 is 5.41 Å². The minimum absolute atomic E-state index is 0.539. The van der Waals surface area contributed by atoms with Crippen molar-refractivity contribution in [2.45, 2.75) is 18.3 Å². The summed E-state index contributed by atoms with van der Waals surface area (Å²) in [6, 6.07) is 54.1. The molecular weight excluding hydrogens is 645 g/mol. The zero-order valence-corrected chi connectivity index (χ0v) is 29.0. The molecule has 0 saturated heterocycles. The number of benzene rings is 5. The monoisotopic (exact) mass is 678 g/mol. The number of hydrogen-bond donors (Lipinski definition) is 0. The van der Waals surface area contributed by atoms with Gasteiger partial charge < -0.3 is 0 Å². The summed E-state index contributed by atoms with van der Waals surface area (Å²) >= 11 is 0. The minimum atomic E-state index is -0.539. The maximum atomic E-state index is 5.15. The van der Waals surface area contributed by atoms with Crippen LogP contribution in [0.3, 0.4) is 0 Å². The highest BCUT2D eigenvalue weighted by Gasteiger charge is 2.39. The number of hydrogen-bond acceptors (Lipinski definition) is 4. The fourth-order valence-corrected chi connectivity index (χ4v) is 8.13. The molecule has 250 valence electrons. The van der Waals surface area contributed by atoms with Gasteiger partial charge in [0.2, 0.25) is 0 Å². The first-order chi connectivity index (χ1) is 26.3. The van der Waals surface area contributed by atoms with Crippen LogP contribution in [0.1, 0.15) is 29.5 Å². The van der Waals surface area contributed by atoms with Crippen molar-refractivity contribution in [3.8, 4) is 22.5 Å². The number of rotatable bonds is 6. The van der Waals surface area contributed by atoms with Crippen molar-refractivity contribution in [2.75, 3.05) is 0 Å². The molecule has 1 aliphatic rings. The quantitative estimate of drug-likeness (QED) is 0.130. The van der Waals surface area contributed by atoms with E-state index in [1.807, 2.05) is 24.5 Å². The molecule has 10 rings (SSSR count). The number of nitrogens with zero attached hydrogens (tertiary/aromatic N) is 4. The van der Waals surface area contributed by atoms with Crippen molar-refractivity contribution in [3.63, 3.8) is 0 Å². The van der Waals surface area contributed by atoms with E-state index in [2.05, 4.69) is 168 Å². The summed E-state index contributed by atoms with van der Waals surface area (Å²) in [6.07, 6.45) is 12.8. The van der Waals surface area contributed by atoms with E-state index in [9.17, 15) is 0 Å². The molecule has 0 radical (unpaired) electrons. The standard InChI is InChI=1S/C49H34N4/c1-3-11-39(12-4-1)49(40-13-5-2-6-14-40,41-25-19-33(20-26-41)43-29-23-37-17-15-35-9-7-31-50-45(35)47(37)52-43)42-27-21-34(22-28-42)44-30-24-38-18-16-36-10-8-32-51-46(36)48(38)53-44/h1,3-5,7-32H,2,6H2. The van der Waals surface area contributed by atoms with E-state index in [4.69, 9.17) is 9.97 Å². The van der Waals surface area contributed by atoms with Crippen LogP contribution in [0.2, 0.25) is 0 Å². The molecule has 0 atom stereocenters. The molecule has 5 aromatic carbocycles. The van der Waals surface area contributed by atoms with Crippen molar-refractivity contribution >= 4 is 43.6 Å². The van der Waals surface area contributed by atoms with Gasteiger partial charge in [0.1, 0.15) is 0 Å². The van der Waals surface area contributed by atoms with E-state index in [0.29, 0.717) is 0 Å². The predicted molar refractivity (Wildman–Crippen MR) is 218 cm³/mol. The van der Waals surface area contributed by atoms with Gasteiger partial charge in [-0.15, -0.1) is 0 Å². The maximum absolute atomic E-state index is 5.15. The van der Waals surface area contributed by atoms with Gasteiger partial charge in [0.25, 0.3) is 0 Å². The molecular formula is C49H34N4. The van der Waals surface area contributed by atoms with Crippen LogP contribution in [-0.2, 0) is 5.41 Å². The lowest BCUT2D eigenvalue weighted by Crippen LogP contribution is -2.32. The SMILES string of the molecule is C1=CC(C(c2ccccc2)(c2ccc(-c3ccc4ccc5cccnc5c4n3)cc2)c2ccc(-c3ccc4ccc5cccnc5c4n3)cc2)=CCC1. The van der Waals surface area contributed by atoms with Crippen molar-refractivity contribution in [2.24, 2.45) is 0 Å². The molecule has 0 unspecified atom stereocenters. The minimum Gasteiger partial charge on any atom is -0.254 e. The lowest BCUT2D eigenvalue weighted by molar-refractivity contribution is 0.730. The van der Waals surface area contributed by atoms with Crippen LogP contribution in [0.25, 0.3) is 66.1 Å². The molecule has 1 aliphatic carbocycles. The van der Waals surface area contributed by atoms with Crippen LogP contribution in [-0.4, -0.2) is 19.9 Å². The van der Waals surface area contributed by atoms with Gasteiger partial charge in [-0.1, -0.05) is 146 Å².